The van der Waals surface area contributed by atoms with E-state index in [-0.39, 0.29) is 6.04 Å². The van der Waals surface area contributed by atoms with E-state index in [9.17, 15) is 0 Å². The number of nitrogens with two attached hydrogens (primary N) is 1. The molecule has 88 valence electrons. The molecule has 0 radical (unpaired) electrons. The second-order valence-corrected chi connectivity index (χ2v) is 4.78. The Balaban J connectivity index is 1.64. The third kappa shape index (κ3) is 3.41. The molecule has 4 heteroatoms. The molecule has 4 nitrogen and oxygen atoms in total. The highest BCUT2D eigenvalue weighted by Crippen LogP contribution is 2.27. The minimum Gasteiger partial charge on any atom is -0.383 e. The van der Waals surface area contributed by atoms with Crippen LogP contribution in [0.3, 0.4) is 0 Å². The molecule has 0 aromatic heterocycles. The first-order valence-corrected chi connectivity index (χ1v) is 6.00. The monoisotopic (exact) mass is 213 g/mol. The van der Waals surface area contributed by atoms with Gasteiger partial charge in [0.15, 0.2) is 0 Å². The van der Waals surface area contributed by atoms with E-state index in [1.807, 2.05) is 0 Å². The van der Waals surface area contributed by atoms with E-state index in [1.165, 1.54) is 39.0 Å². The molecule has 1 atom stereocenters. The second kappa shape index (κ2) is 5.25. The Kier molecular flexibility index (Phi) is 3.97. The molecule has 1 aliphatic heterocycles. The van der Waals surface area contributed by atoms with Gasteiger partial charge >= 0.3 is 0 Å². The lowest BCUT2D eigenvalue weighted by molar-refractivity contribution is 0.103. The minimum absolute atomic E-state index is 0.169. The average Bonchev–Trinajstić information content (AvgIpc) is 3.03. The van der Waals surface area contributed by atoms with Crippen molar-refractivity contribution in [1.29, 1.82) is 0 Å². The summed E-state index contributed by atoms with van der Waals surface area (Å²) >= 11 is 0. The van der Waals surface area contributed by atoms with Gasteiger partial charge < -0.3 is 10.5 Å². The zero-order valence-electron chi connectivity index (χ0n) is 9.69. The zero-order valence-corrected chi connectivity index (χ0v) is 9.69. The van der Waals surface area contributed by atoms with Crippen LogP contribution in [-0.4, -0.2) is 68.3 Å². The van der Waals surface area contributed by atoms with Crippen LogP contribution < -0.4 is 5.73 Å². The van der Waals surface area contributed by atoms with Crippen molar-refractivity contribution in [3.8, 4) is 0 Å². The summed E-state index contributed by atoms with van der Waals surface area (Å²) < 4.78 is 5.05. The number of piperazine rings is 1. The van der Waals surface area contributed by atoms with Crippen LogP contribution in [0.2, 0.25) is 0 Å². The Hall–Kier alpha value is -0.160. The van der Waals surface area contributed by atoms with E-state index in [2.05, 4.69) is 9.80 Å². The standard InChI is InChI=1S/C11H23N3O/c1-15-9-10(12)8-13-4-6-14(7-5-13)11-2-3-11/h10-11H,2-9,12H2,1H3. The molecule has 0 spiro atoms. The number of nitrogens with zero attached hydrogens (tertiary/aromatic N) is 2. The largest absolute Gasteiger partial charge is 0.383 e. The van der Waals surface area contributed by atoms with E-state index in [0.29, 0.717) is 6.61 Å². The molecule has 1 heterocycles. The summed E-state index contributed by atoms with van der Waals surface area (Å²) in [6.07, 6.45) is 2.84. The topological polar surface area (TPSA) is 41.7 Å². The van der Waals surface area contributed by atoms with Crippen LogP contribution in [0.4, 0.5) is 0 Å². The van der Waals surface area contributed by atoms with Gasteiger partial charge in [0.1, 0.15) is 0 Å². The van der Waals surface area contributed by atoms with Crippen LogP contribution in [0.5, 0.6) is 0 Å². The molecule has 1 saturated carbocycles. The molecule has 2 rings (SSSR count). The summed E-state index contributed by atoms with van der Waals surface area (Å²) in [5.41, 5.74) is 5.94. The Labute approximate surface area is 92.4 Å². The van der Waals surface area contributed by atoms with Crippen molar-refractivity contribution >= 4 is 0 Å². The quantitative estimate of drug-likeness (QED) is 0.683. The van der Waals surface area contributed by atoms with Gasteiger partial charge in [-0.1, -0.05) is 0 Å². The maximum atomic E-state index is 5.94. The molecule has 0 bridgehead atoms. The van der Waals surface area contributed by atoms with Crippen molar-refractivity contribution in [3.63, 3.8) is 0 Å². The van der Waals surface area contributed by atoms with Crippen LogP contribution in [0.1, 0.15) is 12.8 Å². The van der Waals surface area contributed by atoms with Crippen LogP contribution >= 0.6 is 0 Å². The third-order valence-electron chi connectivity index (χ3n) is 3.34. The average molecular weight is 213 g/mol. The summed E-state index contributed by atoms with van der Waals surface area (Å²) in [5.74, 6) is 0. The highest BCUT2D eigenvalue weighted by Gasteiger charge is 2.31. The molecular formula is C11H23N3O. The minimum atomic E-state index is 0.169. The number of hydrogen-bond donors (Lipinski definition) is 1. The van der Waals surface area contributed by atoms with Crippen LogP contribution in [-0.2, 0) is 4.74 Å². The molecule has 0 amide bonds. The van der Waals surface area contributed by atoms with Gasteiger partial charge in [0.25, 0.3) is 0 Å². The third-order valence-corrected chi connectivity index (χ3v) is 3.34. The van der Waals surface area contributed by atoms with E-state index < -0.39 is 0 Å². The van der Waals surface area contributed by atoms with Crippen molar-refractivity contribution in [2.45, 2.75) is 24.9 Å². The van der Waals surface area contributed by atoms with Gasteiger partial charge in [0.2, 0.25) is 0 Å². The maximum absolute atomic E-state index is 5.94. The molecule has 1 unspecified atom stereocenters. The highest BCUT2D eigenvalue weighted by atomic mass is 16.5. The van der Waals surface area contributed by atoms with Crippen molar-refractivity contribution in [2.75, 3.05) is 46.4 Å². The molecular weight excluding hydrogens is 190 g/mol. The summed E-state index contributed by atoms with van der Waals surface area (Å²) in [6.45, 7) is 6.45. The molecule has 0 aromatic rings. The molecule has 0 aromatic carbocycles. The van der Waals surface area contributed by atoms with E-state index >= 15 is 0 Å². The van der Waals surface area contributed by atoms with Gasteiger partial charge in [0, 0.05) is 51.9 Å². The smallest absolute Gasteiger partial charge is 0.0626 e. The number of hydrogen-bond acceptors (Lipinski definition) is 4. The van der Waals surface area contributed by atoms with Gasteiger partial charge in [0.05, 0.1) is 6.61 Å². The summed E-state index contributed by atoms with van der Waals surface area (Å²) in [4.78, 5) is 5.08. The van der Waals surface area contributed by atoms with Gasteiger partial charge in [-0.05, 0) is 12.8 Å². The Morgan fingerprint density at radius 2 is 1.93 bits per heavy atom. The van der Waals surface area contributed by atoms with Crippen molar-refractivity contribution < 1.29 is 4.74 Å². The van der Waals surface area contributed by atoms with E-state index in [0.717, 1.165) is 12.6 Å². The second-order valence-electron chi connectivity index (χ2n) is 4.78. The Morgan fingerprint density at radius 3 is 2.47 bits per heavy atom. The van der Waals surface area contributed by atoms with Crippen molar-refractivity contribution in [1.82, 2.24) is 9.80 Å². The number of methoxy groups -OCH3 is 1. The van der Waals surface area contributed by atoms with Gasteiger partial charge in [-0.3, -0.25) is 9.80 Å². The van der Waals surface area contributed by atoms with Gasteiger partial charge in [-0.25, -0.2) is 0 Å². The number of ether oxygens (including phenoxy) is 1. The SMILES string of the molecule is COCC(N)CN1CCN(C2CC2)CC1. The zero-order chi connectivity index (χ0) is 10.7. The normalized spacial score (nSPS) is 26.8. The molecule has 1 saturated heterocycles. The predicted octanol–water partition coefficient (Wildman–Crippen LogP) is -0.260. The van der Waals surface area contributed by atoms with E-state index in [1.54, 1.807) is 7.11 Å². The number of rotatable bonds is 5. The molecule has 1 aliphatic carbocycles. The summed E-state index contributed by atoms with van der Waals surface area (Å²) in [7, 11) is 1.71. The Bertz CT molecular complexity index is 188. The highest BCUT2D eigenvalue weighted by molar-refractivity contribution is 4.88. The molecule has 2 aliphatic rings. The van der Waals surface area contributed by atoms with Gasteiger partial charge in [-0.15, -0.1) is 0 Å². The Morgan fingerprint density at radius 1 is 1.27 bits per heavy atom. The van der Waals surface area contributed by atoms with Crippen LogP contribution in [0.25, 0.3) is 0 Å². The first kappa shape index (κ1) is 11.3. The van der Waals surface area contributed by atoms with Gasteiger partial charge in [-0.2, -0.15) is 0 Å². The fourth-order valence-electron chi connectivity index (χ4n) is 2.35. The molecule has 2 N–H and O–H groups in total. The van der Waals surface area contributed by atoms with Crippen LogP contribution in [0.15, 0.2) is 0 Å². The lowest BCUT2D eigenvalue weighted by Gasteiger charge is -2.35. The molecule has 2 fully saturated rings. The first-order valence-electron chi connectivity index (χ1n) is 6.00. The first-order chi connectivity index (χ1) is 7.29. The molecule has 15 heavy (non-hydrogen) atoms. The lowest BCUT2D eigenvalue weighted by atomic mass is 10.2. The van der Waals surface area contributed by atoms with Crippen molar-refractivity contribution in [2.24, 2.45) is 5.73 Å². The van der Waals surface area contributed by atoms with E-state index in [4.69, 9.17) is 10.5 Å². The maximum Gasteiger partial charge on any atom is 0.0626 e. The van der Waals surface area contributed by atoms with Crippen molar-refractivity contribution in [3.05, 3.63) is 0 Å². The fraction of sp³-hybridized carbons (Fsp3) is 1.00. The summed E-state index contributed by atoms with van der Waals surface area (Å²) in [6, 6.07) is 1.09. The lowest BCUT2D eigenvalue weighted by Crippen LogP contribution is -2.51. The van der Waals surface area contributed by atoms with Crippen LogP contribution in [0, 0.1) is 0 Å². The fourth-order valence-corrected chi connectivity index (χ4v) is 2.35. The summed E-state index contributed by atoms with van der Waals surface area (Å²) in [5, 5.41) is 0. The predicted molar refractivity (Wildman–Crippen MR) is 60.9 cm³/mol.